The monoisotopic (exact) mass is 275 g/mol. The highest BCUT2D eigenvalue weighted by Crippen LogP contribution is 2.20. The lowest BCUT2D eigenvalue weighted by Crippen LogP contribution is -2.26. The average molecular weight is 275 g/mol. The van der Waals surface area contributed by atoms with Crippen LogP contribution in [0, 0.1) is 6.92 Å². The topological polar surface area (TPSA) is 38.3 Å². The van der Waals surface area contributed by atoms with Crippen LogP contribution in [0.3, 0.4) is 0 Å². The smallest absolute Gasteiger partial charge is 0.252 e. The van der Waals surface area contributed by atoms with Gasteiger partial charge in [-0.15, -0.1) is 11.3 Å². The number of carbonyl (C=O) groups is 1. The van der Waals surface area contributed by atoms with Crippen molar-refractivity contribution in [1.29, 1.82) is 0 Å². The highest BCUT2D eigenvalue weighted by Gasteiger charge is 2.12. The first-order chi connectivity index (χ1) is 9.10. The van der Waals surface area contributed by atoms with Gasteiger partial charge >= 0.3 is 0 Å². The minimum Gasteiger partial charge on any atom is -0.497 e. The van der Waals surface area contributed by atoms with Crippen molar-refractivity contribution >= 4 is 17.2 Å². The van der Waals surface area contributed by atoms with Gasteiger partial charge in [-0.3, -0.25) is 4.79 Å². The molecule has 1 aromatic carbocycles. The molecule has 3 nitrogen and oxygen atoms in total. The number of benzene rings is 1. The second-order valence-electron chi connectivity index (χ2n) is 4.42. The first-order valence-corrected chi connectivity index (χ1v) is 6.98. The Morgan fingerprint density at radius 2 is 2.16 bits per heavy atom. The zero-order chi connectivity index (χ0) is 13.8. The first kappa shape index (κ1) is 13.6. The summed E-state index contributed by atoms with van der Waals surface area (Å²) in [6.45, 7) is 3.96. The fraction of sp³-hybridized carbons (Fsp3) is 0.267. The number of nitrogens with one attached hydrogen (secondary N) is 1. The van der Waals surface area contributed by atoms with Gasteiger partial charge in [-0.05, 0) is 37.6 Å². The molecule has 0 saturated carbocycles. The van der Waals surface area contributed by atoms with Gasteiger partial charge in [0.25, 0.3) is 5.91 Å². The van der Waals surface area contributed by atoms with Crippen LogP contribution >= 0.6 is 11.3 Å². The highest BCUT2D eigenvalue weighted by molar-refractivity contribution is 7.10. The van der Waals surface area contributed by atoms with Gasteiger partial charge in [0.05, 0.1) is 18.7 Å². The Labute approximate surface area is 117 Å². The maximum atomic E-state index is 12.1. The van der Waals surface area contributed by atoms with E-state index < -0.39 is 0 Å². The van der Waals surface area contributed by atoms with Crippen molar-refractivity contribution < 1.29 is 9.53 Å². The van der Waals surface area contributed by atoms with Gasteiger partial charge in [-0.1, -0.05) is 12.1 Å². The van der Waals surface area contributed by atoms with Crippen molar-refractivity contribution in [3.8, 4) is 5.75 Å². The van der Waals surface area contributed by atoms with E-state index in [0.29, 0.717) is 0 Å². The van der Waals surface area contributed by atoms with Crippen LogP contribution in [-0.2, 0) is 0 Å². The van der Waals surface area contributed by atoms with Crippen molar-refractivity contribution in [3.63, 3.8) is 0 Å². The summed E-state index contributed by atoms with van der Waals surface area (Å²) in [5.41, 5.74) is 1.75. The Hall–Kier alpha value is -1.81. The molecule has 0 bridgehead atoms. The fourth-order valence-electron chi connectivity index (χ4n) is 1.84. The quantitative estimate of drug-likeness (QED) is 0.926. The third-order valence-electron chi connectivity index (χ3n) is 2.93. The number of hydrogen-bond acceptors (Lipinski definition) is 3. The number of ether oxygens (including phenoxy) is 1. The summed E-state index contributed by atoms with van der Waals surface area (Å²) in [4.78, 5) is 13.2. The molecular formula is C15H17NO2S. The van der Waals surface area contributed by atoms with Gasteiger partial charge < -0.3 is 10.1 Å². The van der Waals surface area contributed by atoms with Crippen LogP contribution in [0.2, 0.25) is 0 Å². The van der Waals surface area contributed by atoms with Crippen LogP contribution in [0.1, 0.15) is 33.8 Å². The van der Waals surface area contributed by atoms with E-state index in [1.807, 2.05) is 49.6 Å². The molecule has 2 rings (SSSR count). The molecule has 1 amide bonds. The molecule has 0 saturated heterocycles. The zero-order valence-electron chi connectivity index (χ0n) is 11.3. The Kier molecular flexibility index (Phi) is 4.22. The van der Waals surface area contributed by atoms with Gasteiger partial charge in [0.15, 0.2) is 0 Å². The standard InChI is InChI=1S/C15H17NO2S/c1-10-7-13(9-19-10)15(17)16-11(2)12-5-4-6-14(8-12)18-3/h4-9,11H,1-3H3,(H,16,17)/t11-/m0/s1. The summed E-state index contributed by atoms with van der Waals surface area (Å²) in [7, 11) is 1.64. The molecule has 0 aliphatic heterocycles. The van der Waals surface area contributed by atoms with Crippen molar-refractivity contribution in [2.75, 3.05) is 7.11 Å². The molecule has 19 heavy (non-hydrogen) atoms. The van der Waals surface area contributed by atoms with Crippen LogP contribution < -0.4 is 10.1 Å². The van der Waals surface area contributed by atoms with Crippen molar-refractivity contribution in [2.45, 2.75) is 19.9 Å². The molecule has 2 aromatic rings. The van der Waals surface area contributed by atoms with E-state index in [9.17, 15) is 4.79 Å². The van der Waals surface area contributed by atoms with E-state index in [4.69, 9.17) is 4.74 Å². The summed E-state index contributed by atoms with van der Waals surface area (Å²) in [5.74, 6) is 0.754. The molecule has 0 fully saturated rings. The lowest BCUT2D eigenvalue weighted by molar-refractivity contribution is 0.0940. The van der Waals surface area contributed by atoms with Crippen LogP contribution in [0.15, 0.2) is 35.7 Å². The van der Waals surface area contributed by atoms with E-state index >= 15 is 0 Å². The SMILES string of the molecule is COc1cccc([C@H](C)NC(=O)c2csc(C)c2)c1. The summed E-state index contributed by atoms with van der Waals surface area (Å²) in [6.07, 6.45) is 0. The van der Waals surface area contributed by atoms with Crippen molar-refractivity contribution in [1.82, 2.24) is 5.32 Å². The van der Waals surface area contributed by atoms with E-state index in [1.54, 1.807) is 18.4 Å². The van der Waals surface area contributed by atoms with Gasteiger partial charge in [0.1, 0.15) is 5.75 Å². The number of methoxy groups -OCH3 is 1. The molecule has 1 atom stereocenters. The molecule has 1 heterocycles. The summed E-state index contributed by atoms with van der Waals surface area (Å²) in [5, 5.41) is 4.87. The van der Waals surface area contributed by atoms with Crippen LogP contribution in [0.5, 0.6) is 5.75 Å². The molecule has 1 aromatic heterocycles. The maximum absolute atomic E-state index is 12.1. The predicted molar refractivity (Wildman–Crippen MR) is 77.9 cm³/mol. The number of thiophene rings is 1. The van der Waals surface area contributed by atoms with Gasteiger partial charge in [-0.25, -0.2) is 0 Å². The number of amides is 1. The number of hydrogen-bond donors (Lipinski definition) is 1. The lowest BCUT2D eigenvalue weighted by atomic mass is 10.1. The predicted octanol–water partition coefficient (Wildman–Crippen LogP) is 3.56. The number of rotatable bonds is 4. The second-order valence-corrected chi connectivity index (χ2v) is 5.53. The van der Waals surface area contributed by atoms with Crippen LogP contribution in [0.25, 0.3) is 0 Å². The number of carbonyl (C=O) groups excluding carboxylic acids is 1. The molecular weight excluding hydrogens is 258 g/mol. The highest BCUT2D eigenvalue weighted by atomic mass is 32.1. The number of aryl methyl sites for hydroxylation is 1. The van der Waals surface area contributed by atoms with Gasteiger partial charge in [0, 0.05) is 10.3 Å². The van der Waals surface area contributed by atoms with Gasteiger partial charge in [0.2, 0.25) is 0 Å². The van der Waals surface area contributed by atoms with E-state index in [0.717, 1.165) is 21.8 Å². The molecule has 4 heteroatoms. The van der Waals surface area contributed by atoms with Crippen LogP contribution in [-0.4, -0.2) is 13.0 Å². The minimum absolute atomic E-state index is 0.0420. The molecule has 0 radical (unpaired) electrons. The molecule has 1 N–H and O–H groups in total. The van der Waals surface area contributed by atoms with E-state index in [2.05, 4.69) is 5.32 Å². The fourth-order valence-corrected chi connectivity index (χ4v) is 2.52. The van der Waals surface area contributed by atoms with E-state index in [1.165, 1.54) is 0 Å². The lowest BCUT2D eigenvalue weighted by Gasteiger charge is -2.14. The van der Waals surface area contributed by atoms with Gasteiger partial charge in [-0.2, -0.15) is 0 Å². The normalized spacial score (nSPS) is 11.9. The largest absolute Gasteiger partial charge is 0.497 e. The molecule has 0 aliphatic rings. The van der Waals surface area contributed by atoms with Crippen LogP contribution in [0.4, 0.5) is 0 Å². The Morgan fingerprint density at radius 1 is 1.37 bits per heavy atom. The summed E-state index contributed by atoms with van der Waals surface area (Å²) < 4.78 is 5.19. The molecule has 0 aliphatic carbocycles. The summed E-state index contributed by atoms with van der Waals surface area (Å²) >= 11 is 1.58. The third kappa shape index (κ3) is 3.35. The summed E-state index contributed by atoms with van der Waals surface area (Å²) in [6, 6.07) is 9.57. The Bertz CT molecular complexity index is 577. The maximum Gasteiger partial charge on any atom is 0.252 e. The third-order valence-corrected chi connectivity index (χ3v) is 3.80. The van der Waals surface area contributed by atoms with Crippen molar-refractivity contribution in [2.24, 2.45) is 0 Å². The van der Waals surface area contributed by atoms with E-state index in [-0.39, 0.29) is 11.9 Å². The molecule has 0 spiro atoms. The second kappa shape index (κ2) is 5.89. The Balaban J connectivity index is 2.08. The molecule has 0 unspecified atom stereocenters. The molecule has 100 valence electrons. The Morgan fingerprint density at radius 3 is 2.79 bits per heavy atom. The van der Waals surface area contributed by atoms with Crippen molar-refractivity contribution in [3.05, 3.63) is 51.7 Å². The zero-order valence-corrected chi connectivity index (χ0v) is 12.1. The minimum atomic E-state index is -0.0530. The first-order valence-electron chi connectivity index (χ1n) is 6.10. The average Bonchev–Trinajstić information content (AvgIpc) is 2.85.